The second kappa shape index (κ2) is 4.72. The Bertz CT molecular complexity index is 186. The molecule has 62 valence electrons. The van der Waals surface area contributed by atoms with Crippen LogP contribution in [-0.4, -0.2) is 27.8 Å². The molecule has 1 aromatic rings. The van der Waals surface area contributed by atoms with Gasteiger partial charge in [-0.25, -0.2) is 4.98 Å². The molecule has 11 heavy (non-hydrogen) atoms. The molecule has 1 aromatic heterocycles. The molecule has 0 aliphatic carbocycles. The van der Waals surface area contributed by atoms with Crippen LogP contribution in [0.2, 0.25) is 0 Å². The van der Waals surface area contributed by atoms with E-state index in [4.69, 9.17) is 0 Å². The first-order valence-electron chi connectivity index (χ1n) is 3.37. The number of aromatic nitrogens is 2. The van der Waals surface area contributed by atoms with Crippen molar-refractivity contribution in [2.45, 2.75) is 5.37 Å². The van der Waals surface area contributed by atoms with E-state index in [0.29, 0.717) is 5.37 Å². The second-order valence-electron chi connectivity index (χ2n) is 2.16. The lowest BCUT2D eigenvalue weighted by Crippen LogP contribution is -2.04. The van der Waals surface area contributed by atoms with Crippen LogP contribution in [0.4, 0.5) is 0 Å². The van der Waals surface area contributed by atoms with E-state index in [2.05, 4.69) is 22.1 Å². The molecule has 0 radical (unpaired) electrons. The Morgan fingerprint density at radius 3 is 2.82 bits per heavy atom. The van der Waals surface area contributed by atoms with Gasteiger partial charge in [-0.1, -0.05) is 0 Å². The number of rotatable bonds is 4. The maximum absolute atomic E-state index is 4.01. The molecule has 0 aliphatic rings. The molecular weight excluding hydrogens is 176 g/mol. The Morgan fingerprint density at radius 2 is 2.36 bits per heavy atom. The lowest BCUT2D eigenvalue weighted by atomic mass is 10.7. The van der Waals surface area contributed by atoms with Gasteiger partial charge >= 0.3 is 0 Å². The zero-order valence-electron chi connectivity index (χ0n) is 6.73. The third-order valence-corrected chi connectivity index (χ3v) is 3.25. The first-order valence-corrected chi connectivity index (χ1v) is 6.06. The van der Waals surface area contributed by atoms with Gasteiger partial charge < -0.3 is 4.57 Å². The van der Waals surface area contributed by atoms with E-state index in [1.807, 2.05) is 42.2 Å². The summed E-state index contributed by atoms with van der Waals surface area (Å²) in [5.41, 5.74) is 0. The Morgan fingerprint density at radius 1 is 1.55 bits per heavy atom. The Hall–Kier alpha value is -0.0900. The third-order valence-electron chi connectivity index (χ3n) is 1.44. The Labute approximate surface area is 75.8 Å². The number of nitrogens with zero attached hydrogens (tertiary/aromatic N) is 2. The van der Waals surface area contributed by atoms with Crippen molar-refractivity contribution in [1.29, 1.82) is 0 Å². The largest absolute Gasteiger partial charge is 0.324 e. The van der Waals surface area contributed by atoms with Crippen LogP contribution >= 0.6 is 23.5 Å². The van der Waals surface area contributed by atoms with Crippen molar-refractivity contribution in [2.24, 2.45) is 0 Å². The summed E-state index contributed by atoms with van der Waals surface area (Å²) in [7, 11) is 0. The van der Waals surface area contributed by atoms with Crippen LogP contribution in [0.5, 0.6) is 0 Å². The van der Waals surface area contributed by atoms with Gasteiger partial charge in [0.05, 0.1) is 11.7 Å². The highest BCUT2D eigenvalue weighted by Gasteiger charge is 2.05. The van der Waals surface area contributed by atoms with Gasteiger partial charge in [0.15, 0.2) is 0 Å². The van der Waals surface area contributed by atoms with E-state index in [0.717, 1.165) is 5.75 Å². The molecule has 1 rings (SSSR count). The topological polar surface area (TPSA) is 17.8 Å². The fourth-order valence-corrected chi connectivity index (χ4v) is 2.64. The minimum Gasteiger partial charge on any atom is -0.324 e. The summed E-state index contributed by atoms with van der Waals surface area (Å²) in [6.45, 7) is 0. The van der Waals surface area contributed by atoms with Crippen molar-refractivity contribution < 1.29 is 0 Å². The van der Waals surface area contributed by atoms with Crippen molar-refractivity contribution in [3.05, 3.63) is 18.7 Å². The summed E-state index contributed by atoms with van der Waals surface area (Å²) in [5.74, 6) is 1.14. The zero-order valence-corrected chi connectivity index (χ0v) is 8.36. The fourth-order valence-electron chi connectivity index (χ4n) is 0.858. The van der Waals surface area contributed by atoms with E-state index >= 15 is 0 Å². The maximum Gasteiger partial charge on any atom is 0.0955 e. The molecule has 1 heterocycles. The molecule has 0 N–H and O–H groups in total. The van der Waals surface area contributed by atoms with Gasteiger partial charge in [-0.2, -0.15) is 11.8 Å². The molecule has 4 heteroatoms. The quantitative estimate of drug-likeness (QED) is 0.720. The molecule has 0 saturated carbocycles. The van der Waals surface area contributed by atoms with E-state index < -0.39 is 0 Å². The fraction of sp³-hybridized carbons (Fsp3) is 0.571. The van der Waals surface area contributed by atoms with Gasteiger partial charge in [-0.15, -0.1) is 11.8 Å². The summed E-state index contributed by atoms with van der Waals surface area (Å²) in [6.07, 6.45) is 9.96. The van der Waals surface area contributed by atoms with Crippen molar-refractivity contribution >= 4 is 23.5 Å². The number of imidazole rings is 1. The summed E-state index contributed by atoms with van der Waals surface area (Å²) < 4.78 is 2.14. The zero-order chi connectivity index (χ0) is 8.10. The van der Waals surface area contributed by atoms with Crippen LogP contribution in [0.25, 0.3) is 0 Å². The highest BCUT2D eigenvalue weighted by atomic mass is 32.2. The summed E-state index contributed by atoms with van der Waals surface area (Å²) in [5, 5.41) is 0.535. The van der Waals surface area contributed by atoms with E-state index in [1.54, 1.807) is 0 Å². The molecule has 0 fully saturated rings. The van der Waals surface area contributed by atoms with Crippen molar-refractivity contribution in [2.75, 3.05) is 18.3 Å². The van der Waals surface area contributed by atoms with Crippen LogP contribution in [0.15, 0.2) is 18.7 Å². The summed E-state index contributed by atoms with van der Waals surface area (Å²) in [6, 6.07) is 0. The molecule has 1 atom stereocenters. The number of hydrogen-bond acceptors (Lipinski definition) is 3. The average Bonchev–Trinajstić information content (AvgIpc) is 2.52. The first kappa shape index (κ1) is 9.00. The minimum atomic E-state index is 0.535. The molecular formula is C7H12N2S2. The van der Waals surface area contributed by atoms with Crippen LogP contribution < -0.4 is 0 Å². The van der Waals surface area contributed by atoms with E-state index in [9.17, 15) is 0 Å². The average molecular weight is 188 g/mol. The summed E-state index contributed by atoms with van der Waals surface area (Å²) >= 11 is 3.72. The predicted octanol–water partition coefficient (Wildman–Crippen LogP) is 2.11. The van der Waals surface area contributed by atoms with Gasteiger partial charge in [0.1, 0.15) is 0 Å². The standard InChI is InChI=1S/C7H12N2S2/c1-10-5-7(11-2)9-4-3-8-6-9/h3-4,6-7H,5H2,1-2H3. The highest BCUT2D eigenvalue weighted by molar-refractivity contribution is 8.02. The minimum absolute atomic E-state index is 0.535. The maximum atomic E-state index is 4.01. The molecule has 0 spiro atoms. The normalized spacial score (nSPS) is 13.3. The van der Waals surface area contributed by atoms with Crippen molar-refractivity contribution in [1.82, 2.24) is 9.55 Å². The Kier molecular flexibility index (Phi) is 3.86. The van der Waals surface area contributed by atoms with Gasteiger partial charge in [-0.05, 0) is 12.5 Å². The predicted molar refractivity (Wildman–Crippen MR) is 53.2 cm³/mol. The lowest BCUT2D eigenvalue weighted by Gasteiger charge is -2.13. The lowest BCUT2D eigenvalue weighted by molar-refractivity contribution is 0.750. The van der Waals surface area contributed by atoms with Crippen molar-refractivity contribution in [3.63, 3.8) is 0 Å². The van der Waals surface area contributed by atoms with Crippen LogP contribution in [-0.2, 0) is 0 Å². The van der Waals surface area contributed by atoms with E-state index in [1.165, 1.54) is 0 Å². The number of hydrogen-bond donors (Lipinski definition) is 0. The molecule has 0 saturated heterocycles. The van der Waals surface area contributed by atoms with Gasteiger partial charge in [-0.3, -0.25) is 0 Å². The SMILES string of the molecule is CSCC(SC)n1ccnc1. The van der Waals surface area contributed by atoms with E-state index in [-0.39, 0.29) is 0 Å². The molecule has 0 aromatic carbocycles. The van der Waals surface area contributed by atoms with Crippen LogP contribution in [0.3, 0.4) is 0 Å². The number of thioether (sulfide) groups is 2. The van der Waals surface area contributed by atoms with Crippen LogP contribution in [0, 0.1) is 0 Å². The first-order chi connectivity index (χ1) is 5.38. The van der Waals surface area contributed by atoms with Crippen molar-refractivity contribution in [3.8, 4) is 0 Å². The monoisotopic (exact) mass is 188 g/mol. The smallest absolute Gasteiger partial charge is 0.0955 e. The van der Waals surface area contributed by atoms with Gasteiger partial charge in [0, 0.05) is 18.1 Å². The van der Waals surface area contributed by atoms with Gasteiger partial charge in [0.2, 0.25) is 0 Å². The van der Waals surface area contributed by atoms with Gasteiger partial charge in [0.25, 0.3) is 0 Å². The molecule has 0 aliphatic heterocycles. The molecule has 0 bridgehead atoms. The van der Waals surface area contributed by atoms with Crippen LogP contribution in [0.1, 0.15) is 5.37 Å². The highest BCUT2D eigenvalue weighted by Crippen LogP contribution is 2.22. The Balaban J connectivity index is 2.56. The third kappa shape index (κ3) is 2.45. The molecule has 2 nitrogen and oxygen atoms in total. The molecule has 0 amide bonds. The molecule has 1 unspecified atom stereocenters. The second-order valence-corrected chi connectivity index (χ2v) is 4.08. The summed E-state index contributed by atoms with van der Waals surface area (Å²) in [4.78, 5) is 4.01.